The van der Waals surface area contributed by atoms with Crippen LogP contribution in [0.4, 0.5) is 4.39 Å². The minimum absolute atomic E-state index is 0.120. The van der Waals surface area contributed by atoms with E-state index in [0.717, 1.165) is 30.6 Å². The molecule has 27 heavy (non-hydrogen) atoms. The molecule has 142 valence electrons. The van der Waals surface area contributed by atoms with Crippen molar-refractivity contribution in [2.24, 2.45) is 0 Å². The number of hydrogen-bond donors (Lipinski definition) is 1. The fourth-order valence-electron chi connectivity index (χ4n) is 4.33. The molecular weight excluding hydrogens is 343 g/mol. The van der Waals surface area contributed by atoms with Crippen molar-refractivity contribution in [2.45, 2.75) is 37.5 Å². The Bertz CT molecular complexity index is 781. The Morgan fingerprint density at radius 2 is 1.74 bits per heavy atom. The van der Waals surface area contributed by atoms with Gasteiger partial charge in [-0.05, 0) is 42.6 Å². The number of carbonyl (C=O) groups excluding carboxylic acids is 1. The quantitative estimate of drug-likeness (QED) is 0.900. The summed E-state index contributed by atoms with van der Waals surface area (Å²) in [6.45, 7) is 2.37. The number of hydrogen-bond acceptors (Lipinski definition) is 3. The molecule has 2 saturated heterocycles. The molecule has 0 aromatic heterocycles. The predicted octanol–water partition coefficient (Wildman–Crippen LogP) is 3.32. The van der Waals surface area contributed by atoms with Crippen LogP contribution in [-0.2, 0) is 11.3 Å². The third kappa shape index (κ3) is 3.83. The second kappa shape index (κ2) is 7.69. The van der Waals surface area contributed by atoms with E-state index in [1.54, 1.807) is 24.3 Å². The molecule has 4 nitrogen and oxygen atoms in total. The van der Waals surface area contributed by atoms with Gasteiger partial charge < -0.3 is 10.0 Å². The van der Waals surface area contributed by atoms with Gasteiger partial charge >= 0.3 is 0 Å². The second-order valence-electron chi connectivity index (χ2n) is 7.55. The minimum Gasteiger partial charge on any atom is -0.508 e. The first-order chi connectivity index (χ1) is 13.1. The van der Waals surface area contributed by atoms with Crippen LogP contribution in [-0.4, -0.2) is 52.7 Å². The third-order valence-electron chi connectivity index (χ3n) is 5.82. The van der Waals surface area contributed by atoms with Crippen molar-refractivity contribution in [1.82, 2.24) is 9.80 Å². The zero-order valence-corrected chi connectivity index (χ0v) is 15.3. The molecule has 5 heteroatoms. The molecule has 0 saturated carbocycles. The smallest absolute Gasteiger partial charge is 0.240 e. The van der Waals surface area contributed by atoms with Crippen LogP contribution in [0.2, 0.25) is 0 Å². The van der Waals surface area contributed by atoms with Gasteiger partial charge in [0.25, 0.3) is 0 Å². The van der Waals surface area contributed by atoms with E-state index in [-0.39, 0.29) is 23.6 Å². The van der Waals surface area contributed by atoms with Crippen LogP contribution < -0.4 is 0 Å². The molecule has 2 heterocycles. The predicted molar refractivity (Wildman–Crippen MR) is 102 cm³/mol. The van der Waals surface area contributed by atoms with Crippen molar-refractivity contribution in [1.29, 1.82) is 0 Å². The number of likely N-dealkylation sites (tertiary alicyclic amines) is 2. The van der Waals surface area contributed by atoms with Crippen molar-refractivity contribution >= 4 is 5.91 Å². The van der Waals surface area contributed by atoms with Gasteiger partial charge in [0.2, 0.25) is 5.91 Å². The van der Waals surface area contributed by atoms with Gasteiger partial charge in [0.05, 0.1) is 6.04 Å². The lowest BCUT2D eigenvalue weighted by Gasteiger charge is -2.37. The highest BCUT2D eigenvalue weighted by molar-refractivity contribution is 5.84. The number of nitrogens with zero attached hydrogens (tertiary/aromatic N) is 2. The lowest BCUT2D eigenvalue weighted by molar-refractivity contribution is -0.133. The molecule has 2 fully saturated rings. The molecule has 2 aliphatic heterocycles. The van der Waals surface area contributed by atoms with E-state index in [1.165, 1.54) is 0 Å². The maximum Gasteiger partial charge on any atom is 0.240 e. The summed E-state index contributed by atoms with van der Waals surface area (Å²) in [5, 5.41) is 9.42. The van der Waals surface area contributed by atoms with Gasteiger partial charge in [-0.2, -0.15) is 0 Å². The minimum atomic E-state index is -1.00. The van der Waals surface area contributed by atoms with E-state index in [9.17, 15) is 14.3 Å². The number of halogens is 1. The highest BCUT2D eigenvalue weighted by Gasteiger charge is 2.40. The molecule has 0 aliphatic carbocycles. The first-order valence-corrected chi connectivity index (χ1v) is 9.61. The number of benzene rings is 2. The molecule has 1 amide bonds. The van der Waals surface area contributed by atoms with E-state index in [0.29, 0.717) is 19.5 Å². The number of phenols is 1. The molecule has 2 aliphatic rings. The first-order valence-electron chi connectivity index (χ1n) is 9.61. The van der Waals surface area contributed by atoms with Gasteiger partial charge in [-0.1, -0.05) is 42.5 Å². The summed E-state index contributed by atoms with van der Waals surface area (Å²) >= 11 is 0. The van der Waals surface area contributed by atoms with Gasteiger partial charge in [0.15, 0.2) is 0 Å². The summed E-state index contributed by atoms with van der Waals surface area (Å²) < 4.78 is 14.9. The van der Waals surface area contributed by atoms with Gasteiger partial charge in [-0.25, -0.2) is 4.39 Å². The zero-order chi connectivity index (χ0) is 18.8. The number of rotatable bonds is 4. The second-order valence-corrected chi connectivity index (χ2v) is 7.55. The summed E-state index contributed by atoms with van der Waals surface area (Å²) in [6.07, 6.45) is 0.454. The molecule has 4 rings (SSSR count). The summed E-state index contributed by atoms with van der Waals surface area (Å²) in [6, 6.07) is 16.6. The molecule has 2 aromatic carbocycles. The van der Waals surface area contributed by atoms with Crippen LogP contribution in [0.1, 0.15) is 29.9 Å². The van der Waals surface area contributed by atoms with Crippen LogP contribution in [0.5, 0.6) is 5.75 Å². The number of aromatic hydroxyl groups is 1. The van der Waals surface area contributed by atoms with Crippen molar-refractivity contribution in [2.75, 3.05) is 19.6 Å². The lowest BCUT2D eigenvalue weighted by atomic mass is 9.87. The van der Waals surface area contributed by atoms with Crippen LogP contribution >= 0.6 is 0 Å². The molecule has 2 aromatic rings. The van der Waals surface area contributed by atoms with E-state index in [2.05, 4.69) is 0 Å². The lowest BCUT2D eigenvalue weighted by Crippen LogP contribution is -2.49. The van der Waals surface area contributed by atoms with E-state index in [1.807, 2.05) is 40.1 Å². The largest absolute Gasteiger partial charge is 0.508 e. The molecule has 0 bridgehead atoms. The van der Waals surface area contributed by atoms with Crippen LogP contribution in [0.15, 0.2) is 54.6 Å². The van der Waals surface area contributed by atoms with Gasteiger partial charge in [-0.15, -0.1) is 0 Å². The van der Waals surface area contributed by atoms with Crippen molar-refractivity contribution in [3.05, 3.63) is 65.7 Å². The van der Waals surface area contributed by atoms with E-state index < -0.39 is 6.17 Å². The topological polar surface area (TPSA) is 43.8 Å². The first kappa shape index (κ1) is 18.0. The third-order valence-corrected chi connectivity index (χ3v) is 5.82. The Morgan fingerprint density at radius 1 is 1.00 bits per heavy atom. The Morgan fingerprint density at radius 3 is 2.44 bits per heavy atom. The number of phenolic OH excluding ortho intramolecular Hbond substituents is 1. The van der Waals surface area contributed by atoms with E-state index >= 15 is 0 Å². The fraction of sp³-hybridized carbons (Fsp3) is 0.409. The summed E-state index contributed by atoms with van der Waals surface area (Å²) in [4.78, 5) is 16.7. The molecule has 0 unspecified atom stereocenters. The van der Waals surface area contributed by atoms with Crippen LogP contribution in [0.3, 0.4) is 0 Å². The molecule has 1 N–H and O–H groups in total. The average molecular weight is 368 g/mol. The fourth-order valence-corrected chi connectivity index (χ4v) is 4.33. The Hall–Kier alpha value is -2.40. The van der Waals surface area contributed by atoms with Crippen molar-refractivity contribution in [3.8, 4) is 5.75 Å². The Labute approximate surface area is 159 Å². The molecule has 0 radical (unpaired) electrons. The number of amides is 1. The SMILES string of the molecule is O=C1[C@@H](N2CC[C@H](c3ccc(O)cc3)[C@@H](F)C2)CCN1Cc1ccccc1. The number of carbonyl (C=O) groups is 1. The maximum atomic E-state index is 14.9. The van der Waals surface area contributed by atoms with Gasteiger partial charge in [0, 0.05) is 25.6 Å². The van der Waals surface area contributed by atoms with Gasteiger partial charge in [-0.3, -0.25) is 9.69 Å². The zero-order valence-electron chi connectivity index (χ0n) is 15.3. The van der Waals surface area contributed by atoms with Crippen LogP contribution in [0, 0.1) is 0 Å². The Balaban J connectivity index is 1.37. The van der Waals surface area contributed by atoms with Gasteiger partial charge in [0.1, 0.15) is 11.9 Å². The number of alkyl halides is 1. The highest BCUT2D eigenvalue weighted by Crippen LogP contribution is 2.33. The summed E-state index contributed by atoms with van der Waals surface area (Å²) in [7, 11) is 0. The number of piperidine rings is 1. The molecule has 0 spiro atoms. The molecule has 3 atom stereocenters. The molecular formula is C22H25FN2O2. The van der Waals surface area contributed by atoms with Crippen molar-refractivity contribution < 1.29 is 14.3 Å². The normalized spacial score (nSPS) is 26.5. The van der Waals surface area contributed by atoms with Crippen LogP contribution in [0.25, 0.3) is 0 Å². The van der Waals surface area contributed by atoms with Crippen molar-refractivity contribution in [3.63, 3.8) is 0 Å². The monoisotopic (exact) mass is 368 g/mol. The summed E-state index contributed by atoms with van der Waals surface area (Å²) in [5.41, 5.74) is 2.05. The summed E-state index contributed by atoms with van der Waals surface area (Å²) in [5.74, 6) is 0.148. The maximum absolute atomic E-state index is 14.9. The standard InChI is InChI=1S/C22H25FN2O2/c23-20-15-24(12-10-19(20)17-6-8-18(26)9-7-17)21-11-13-25(22(21)27)14-16-4-2-1-3-5-16/h1-9,19-21,26H,10-15H2/t19-,20+,21+/m1/s1. The van der Waals surface area contributed by atoms with E-state index in [4.69, 9.17) is 0 Å². The Kier molecular flexibility index (Phi) is 5.12. The highest BCUT2D eigenvalue weighted by atomic mass is 19.1. The average Bonchev–Trinajstić information content (AvgIpc) is 3.04.